The first-order valence-corrected chi connectivity index (χ1v) is 10.0. The summed E-state index contributed by atoms with van der Waals surface area (Å²) in [6, 6.07) is 8.87. The molecule has 3 rings (SSSR count). The van der Waals surface area contributed by atoms with Crippen LogP contribution >= 0.6 is 0 Å². The van der Waals surface area contributed by atoms with Gasteiger partial charge in [0.05, 0.1) is 4.90 Å². The third-order valence-electron chi connectivity index (χ3n) is 4.49. The van der Waals surface area contributed by atoms with Crippen molar-refractivity contribution in [3.05, 3.63) is 53.3 Å². The lowest BCUT2D eigenvalue weighted by Crippen LogP contribution is -2.34. The van der Waals surface area contributed by atoms with Gasteiger partial charge in [-0.1, -0.05) is 6.92 Å². The van der Waals surface area contributed by atoms with Gasteiger partial charge in [0.25, 0.3) is 10.0 Å². The summed E-state index contributed by atoms with van der Waals surface area (Å²) in [6.45, 7) is 4.02. The molecule has 0 saturated carbocycles. The van der Waals surface area contributed by atoms with E-state index in [-0.39, 0.29) is 16.4 Å². The van der Waals surface area contributed by atoms with Gasteiger partial charge in [-0.15, -0.1) is 0 Å². The molecule has 1 N–H and O–H groups in total. The van der Waals surface area contributed by atoms with E-state index in [2.05, 4.69) is 4.72 Å². The predicted octanol–water partition coefficient (Wildman–Crippen LogP) is 3.62. The molecule has 0 radical (unpaired) electrons. The Kier molecular flexibility index (Phi) is 5.00. The summed E-state index contributed by atoms with van der Waals surface area (Å²) in [5, 5.41) is 0. The molecule has 5 nitrogen and oxygen atoms in total. The Morgan fingerprint density at radius 3 is 2.69 bits per heavy atom. The first-order valence-electron chi connectivity index (χ1n) is 8.54. The zero-order valence-electron chi connectivity index (χ0n) is 14.8. The summed E-state index contributed by atoms with van der Waals surface area (Å²) >= 11 is 0. The van der Waals surface area contributed by atoms with Crippen molar-refractivity contribution in [2.75, 3.05) is 16.2 Å². The third kappa shape index (κ3) is 3.58. The molecule has 0 atom stereocenters. The van der Waals surface area contributed by atoms with E-state index in [9.17, 15) is 17.6 Å². The van der Waals surface area contributed by atoms with E-state index in [1.165, 1.54) is 19.1 Å². The molecule has 2 aromatic carbocycles. The van der Waals surface area contributed by atoms with Gasteiger partial charge in [-0.3, -0.25) is 9.52 Å². The van der Waals surface area contributed by atoms with Crippen molar-refractivity contribution in [2.24, 2.45) is 0 Å². The Balaban J connectivity index is 1.89. The minimum atomic E-state index is -3.81. The maximum Gasteiger partial charge on any atom is 0.261 e. The quantitative estimate of drug-likeness (QED) is 0.886. The highest BCUT2D eigenvalue weighted by Gasteiger charge is 2.22. The van der Waals surface area contributed by atoms with Gasteiger partial charge in [0.1, 0.15) is 5.82 Å². The first-order chi connectivity index (χ1) is 12.3. The lowest BCUT2D eigenvalue weighted by atomic mass is 10.0. The van der Waals surface area contributed by atoms with Gasteiger partial charge in [0.2, 0.25) is 5.91 Å². The second kappa shape index (κ2) is 7.07. The lowest BCUT2D eigenvalue weighted by Gasteiger charge is -2.29. The normalized spacial score (nSPS) is 14.0. The minimum Gasteiger partial charge on any atom is -0.312 e. The van der Waals surface area contributed by atoms with Crippen LogP contribution < -0.4 is 9.62 Å². The fourth-order valence-corrected chi connectivity index (χ4v) is 4.24. The molecule has 138 valence electrons. The van der Waals surface area contributed by atoms with Gasteiger partial charge in [-0.25, -0.2) is 12.8 Å². The maximum absolute atomic E-state index is 13.4. The number of anilines is 2. The van der Waals surface area contributed by atoms with Gasteiger partial charge in [-0.2, -0.15) is 0 Å². The van der Waals surface area contributed by atoms with Crippen LogP contribution in [0, 0.1) is 12.7 Å². The van der Waals surface area contributed by atoms with Crippen LogP contribution in [0.1, 0.15) is 30.9 Å². The number of amides is 1. The number of hydrogen-bond donors (Lipinski definition) is 1. The van der Waals surface area contributed by atoms with Crippen molar-refractivity contribution in [3.63, 3.8) is 0 Å². The van der Waals surface area contributed by atoms with Crippen molar-refractivity contribution in [1.29, 1.82) is 0 Å². The summed E-state index contributed by atoms with van der Waals surface area (Å²) in [6.07, 6.45) is 2.05. The van der Waals surface area contributed by atoms with Crippen LogP contribution in [0.3, 0.4) is 0 Å². The van der Waals surface area contributed by atoms with Crippen LogP contribution in [0.4, 0.5) is 15.8 Å². The van der Waals surface area contributed by atoms with Crippen LogP contribution in [0.15, 0.2) is 41.3 Å². The molecule has 0 bridgehead atoms. The smallest absolute Gasteiger partial charge is 0.261 e. The van der Waals surface area contributed by atoms with E-state index in [1.807, 2.05) is 6.92 Å². The highest BCUT2D eigenvalue weighted by Crippen LogP contribution is 2.31. The van der Waals surface area contributed by atoms with Crippen molar-refractivity contribution in [2.45, 2.75) is 38.0 Å². The fourth-order valence-electron chi connectivity index (χ4n) is 3.11. The van der Waals surface area contributed by atoms with Crippen LogP contribution in [0.5, 0.6) is 0 Å². The summed E-state index contributed by atoms with van der Waals surface area (Å²) in [4.78, 5) is 13.8. The average Bonchev–Trinajstić information content (AvgIpc) is 2.62. The summed E-state index contributed by atoms with van der Waals surface area (Å²) in [5.74, 6) is -0.389. The summed E-state index contributed by atoms with van der Waals surface area (Å²) in [7, 11) is -3.81. The molecule has 1 amide bonds. The molecule has 26 heavy (non-hydrogen) atoms. The zero-order valence-corrected chi connectivity index (χ0v) is 15.6. The maximum atomic E-state index is 13.4. The predicted molar refractivity (Wildman–Crippen MR) is 99.4 cm³/mol. The van der Waals surface area contributed by atoms with Gasteiger partial charge in [0.15, 0.2) is 0 Å². The number of nitrogens with one attached hydrogen (secondary N) is 1. The molecular weight excluding hydrogens is 355 g/mol. The van der Waals surface area contributed by atoms with E-state index in [4.69, 9.17) is 0 Å². The number of carbonyl (C=O) groups is 1. The van der Waals surface area contributed by atoms with Crippen molar-refractivity contribution < 1.29 is 17.6 Å². The Morgan fingerprint density at radius 1 is 1.23 bits per heavy atom. The van der Waals surface area contributed by atoms with Crippen LogP contribution in [-0.2, 0) is 21.2 Å². The molecule has 0 aromatic heterocycles. The zero-order chi connectivity index (χ0) is 18.9. The Hall–Kier alpha value is -2.41. The van der Waals surface area contributed by atoms with Crippen LogP contribution in [0.25, 0.3) is 0 Å². The molecule has 7 heteroatoms. The minimum absolute atomic E-state index is 0.0110. The highest BCUT2D eigenvalue weighted by molar-refractivity contribution is 7.92. The molecular formula is C19H21FN2O3S. The Labute approximate surface area is 152 Å². The number of fused-ring (bicyclic) bond motifs is 1. The molecule has 0 spiro atoms. The number of aryl methyl sites for hydroxylation is 2. The first kappa shape index (κ1) is 18.4. The topological polar surface area (TPSA) is 66.5 Å². The van der Waals surface area contributed by atoms with E-state index < -0.39 is 15.8 Å². The number of sulfonamides is 1. The second-order valence-corrected chi connectivity index (χ2v) is 8.04. The molecule has 1 heterocycles. The number of rotatable bonds is 4. The van der Waals surface area contributed by atoms with Crippen LogP contribution in [0.2, 0.25) is 0 Å². The average molecular weight is 376 g/mol. The largest absolute Gasteiger partial charge is 0.312 e. The van der Waals surface area contributed by atoms with Crippen molar-refractivity contribution in [1.82, 2.24) is 0 Å². The van der Waals surface area contributed by atoms with Crippen molar-refractivity contribution >= 4 is 27.3 Å². The Morgan fingerprint density at radius 2 is 2.00 bits per heavy atom. The van der Waals surface area contributed by atoms with Gasteiger partial charge < -0.3 is 4.90 Å². The van der Waals surface area contributed by atoms with Crippen molar-refractivity contribution in [3.8, 4) is 0 Å². The van der Waals surface area contributed by atoms with E-state index >= 15 is 0 Å². The molecule has 0 fully saturated rings. The van der Waals surface area contributed by atoms with E-state index in [0.29, 0.717) is 18.7 Å². The monoisotopic (exact) mass is 376 g/mol. The number of halogens is 1. The van der Waals surface area contributed by atoms with E-state index in [0.717, 1.165) is 30.2 Å². The molecule has 0 aliphatic carbocycles. The molecule has 0 unspecified atom stereocenters. The molecule has 1 aliphatic rings. The van der Waals surface area contributed by atoms with E-state index in [1.54, 1.807) is 23.1 Å². The SMILES string of the molecule is CCC(=O)N1CCCc2cc(NS(=O)(=O)c3ccc(F)c(C)c3)ccc21. The van der Waals surface area contributed by atoms with Gasteiger partial charge in [0, 0.05) is 24.3 Å². The molecule has 0 saturated heterocycles. The highest BCUT2D eigenvalue weighted by atomic mass is 32.2. The Bertz CT molecular complexity index is 957. The number of carbonyl (C=O) groups excluding carboxylic acids is 1. The molecule has 2 aromatic rings. The third-order valence-corrected chi connectivity index (χ3v) is 5.87. The molecule has 1 aliphatic heterocycles. The fraction of sp³-hybridized carbons (Fsp3) is 0.316. The summed E-state index contributed by atoms with van der Waals surface area (Å²) in [5.41, 5.74) is 2.47. The number of hydrogen-bond acceptors (Lipinski definition) is 3. The standard InChI is InChI=1S/C19H21FN2O3S/c1-3-19(23)22-10-4-5-14-12-15(6-9-18(14)22)21-26(24,25)16-7-8-17(20)13(2)11-16/h6-9,11-12,21H,3-5,10H2,1-2H3. The van der Waals surface area contributed by atoms with Gasteiger partial charge in [-0.05, 0) is 67.3 Å². The summed E-state index contributed by atoms with van der Waals surface area (Å²) < 4.78 is 41.0. The van der Waals surface area contributed by atoms with Gasteiger partial charge >= 0.3 is 0 Å². The lowest BCUT2D eigenvalue weighted by molar-refractivity contribution is -0.118. The number of nitrogens with zero attached hydrogens (tertiary/aromatic N) is 1. The number of benzene rings is 2. The second-order valence-electron chi connectivity index (χ2n) is 6.36. The van der Waals surface area contributed by atoms with Crippen LogP contribution in [-0.4, -0.2) is 20.9 Å².